The van der Waals surface area contributed by atoms with Crippen LogP contribution in [0.4, 0.5) is 14.5 Å². The Balaban J connectivity index is 2.03. The lowest BCUT2D eigenvalue weighted by Gasteiger charge is -2.11. The average molecular weight is 371 g/mol. The highest BCUT2D eigenvalue weighted by Crippen LogP contribution is 2.28. The minimum atomic E-state index is -4.43. The van der Waals surface area contributed by atoms with Crippen molar-refractivity contribution in [1.29, 1.82) is 0 Å². The highest BCUT2D eigenvalue weighted by molar-refractivity contribution is 7.92. The van der Waals surface area contributed by atoms with Crippen molar-refractivity contribution in [2.45, 2.75) is 4.90 Å². The summed E-state index contributed by atoms with van der Waals surface area (Å²) < 4.78 is 54.5. The van der Waals surface area contributed by atoms with E-state index in [-0.39, 0.29) is 10.7 Å². The van der Waals surface area contributed by atoms with E-state index in [1.165, 1.54) is 30.6 Å². The van der Waals surface area contributed by atoms with Gasteiger partial charge in [-0.1, -0.05) is 17.7 Å². The van der Waals surface area contributed by atoms with Crippen LogP contribution >= 0.6 is 11.6 Å². The maximum atomic E-state index is 14.0. The van der Waals surface area contributed by atoms with E-state index in [0.29, 0.717) is 11.4 Å². The van der Waals surface area contributed by atoms with Gasteiger partial charge in [0.15, 0.2) is 5.82 Å². The number of benzene rings is 2. The van der Waals surface area contributed by atoms with Crippen LogP contribution < -0.4 is 4.72 Å². The first-order chi connectivity index (χ1) is 11.4. The number of rotatable bonds is 4. The van der Waals surface area contributed by atoms with Crippen molar-refractivity contribution in [2.24, 2.45) is 0 Å². The zero-order valence-corrected chi connectivity index (χ0v) is 13.4. The summed E-state index contributed by atoms with van der Waals surface area (Å²) in [5, 5.41) is 5.92. The Bertz CT molecular complexity index is 974. The van der Waals surface area contributed by atoms with Gasteiger partial charge in [0.1, 0.15) is 22.9 Å². The monoisotopic (exact) mass is 370 g/mol. The Kier molecular flexibility index (Phi) is 4.20. The third-order valence-electron chi connectivity index (χ3n) is 3.09. The molecular weight excluding hydrogens is 362 g/mol. The lowest BCUT2D eigenvalue weighted by Crippen LogP contribution is -2.16. The fourth-order valence-corrected chi connectivity index (χ4v) is 3.70. The van der Waals surface area contributed by atoms with E-state index in [1.54, 1.807) is 0 Å². The molecule has 0 aliphatic rings. The van der Waals surface area contributed by atoms with Crippen LogP contribution in [0, 0.1) is 11.6 Å². The zero-order chi connectivity index (χ0) is 17.3. The molecule has 0 radical (unpaired) electrons. The number of hydrogen-bond donors (Lipinski definition) is 2. The molecule has 0 saturated carbocycles. The number of H-pyrrole nitrogens is 1. The number of aromatic nitrogens is 3. The molecule has 6 nitrogen and oxygen atoms in total. The highest BCUT2D eigenvalue weighted by Gasteiger charge is 2.24. The summed E-state index contributed by atoms with van der Waals surface area (Å²) in [4.78, 5) is 3.14. The highest BCUT2D eigenvalue weighted by atomic mass is 35.5. The molecule has 0 fully saturated rings. The average Bonchev–Trinajstić information content (AvgIpc) is 3.03. The van der Waals surface area contributed by atoms with Gasteiger partial charge >= 0.3 is 0 Å². The molecule has 0 unspecified atom stereocenters. The van der Waals surface area contributed by atoms with E-state index in [1.807, 2.05) is 4.72 Å². The Hall–Kier alpha value is -2.52. The van der Waals surface area contributed by atoms with Gasteiger partial charge in [0.2, 0.25) is 0 Å². The maximum absolute atomic E-state index is 14.0. The van der Waals surface area contributed by atoms with Crippen molar-refractivity contribution < 1.29 is 17.2 Å². The molecule has 0 saturated heterocycles. The van der Waals surface area contributed by atoms with Crippen molar-refractivity contribution >= 4 is 27.3 Å². The van der Waals surface area contributed by atoms with Crippen LogP contribution in [-0.2, 0) is 10.0 Å². The molecule has 0 amide bonds. The molecule has 124 valence electrons. The molecule has 3 rings (SSSR count). The smallest absolute Gasteiger partial charge is 0.266 e. The van der Waals surface area contributed by atoms with Crippen molar-refractivity contribution in [3.63, 3.8) is 0 Å². The van der Waals surface area contributed by atoms with Gasteiger partial charge in [0.05, 0.1) is 10.7 Å². The van der Waals surface area contributed by atoms with Crippen molar-refractivity contribution in [1.82, 2.24) is 15.2 Å². The number of nitrogens with one attached hydrogen (secondary N) is 2. The molecule has 0 spiro atoms. The molecule has 10 heteroatoms. The second kappa shape index (κ2) is 6.17. The minimum absolute atomic E-state index is 0.311. The van der Waals surface area contributed by atoms with E-state index in [2.05, 4.69) is 15.2 Å². The summed E-state index contributed by atoms with van der Waals surface area (Å²) in [6, 6.07) is 7.09. The van der Waals surface area contributed by atoms with Crippen molar-refractivity contribution in [3.8, 4) is 11.4 Å². The first-order valence-electron chi connectivity index (χ1n) is 6.50. The second-order valence-corrected chi connectivity index (χ2v) is 6.71. The molecule has 0 aliphatic heterocycles. The second-order valence-electron chi connectivity index (χ2n) is 4.68. The van der Waals surface area contributed by atoms with Crippen molar-refractivity contribution in [3.05, 3.63) is 59.4 Å². The molecule has 2 N–H and O–H groups in total. The van der Waals surface area contributed by atoms with E-state index in [4.69, 9.17) is 11.6 Å². The predicted molar refractivity (Wildman–Crippen MR) is 84.0 cm³/mol. The van der Waals surface area contributed by atoms with Crippen LogP contribution in [0.5, 0.6) is 0 Å². The van der Waals surface area contributed by atoms with E-state index in [9.17, 15) is 17.2 Å². The van der Waals surface area contributed by atoms with Crippen LogP contribution in [-0.4, -0.2) is 23.6 Å². The number of nitrogens with zero attached hydrogens (tertiary/aromatic N) is 2. The summed E-state index contributed by atoms with van der Waals surface area (Å²) >= 11 is 5.76. The van der Waals surface area contributed by atoms with Gasteiger partial charge in [0, 0.05) is 5.56 Å². The van der Waals surface area contributed by atoms with Gasteiger partial charge in [0.25, 0.3) is 10.0 Å². The van der Waals surface area contributed by atoms with E-state index < -0.39 is 26.6 Å². The lowest BCUT2D eigenvalue weighted by atomic mass is 10.2. The summed E-state index contributed by atoms with van der Waals surface area (Å²) in [7, 11) is -4.43. The Morgan fingerprint density at radius 2 is 1.92 bits per heavy atom. The summed E-state index contributed by atoms with van der Waals surface area (Å²) in [5.41, 5.74) is 0.0226. The molecule has 3 aromatic rings. The maximum Gasteiger partial charge on any atom is 0.266 e. The standard InChI is InChI=1S/C14H9ClF2N4O2S/c15-9-2-1-3-11(17)13(9)24(22,23)21-12-6-8(4-5-10(12)16)14-18-7-19-20-14/h1-7,21H,(H,18,19,20). The molecule has 2 aromatic carbocycles. The van der Waals surface area contributed by atoms with Gasteiger partial charge in [-0.3, -0.25) is 9.82 Å². The van der Waals surface area contributed by atoms with Crippen LogP contribution in [0.2, 0.25) is 5.02 Å². The molecule has 1 aromatic heterocycles. The third-order valence-corrected chi connectivity index (χ3v) is 4.95. The van der Waals surface area contributed by atoms with Gasteiger partial charge in [-0.25, -0.2) is 22.2 Å². The SMILES string of the molecule is O=S(=O)(Nc1cc(-c2ncn[nH]2)ccc1F)c1c(F)cccc1Cl. The molecule has 0 atom stereocenters. The summed E-state index contributed by atoms with van der Waals surface area (Å²) in [6.07, 6.45) is 1.25. The number of anilines is 1. The lowest BCUT2D eigenvalue weighted by molar-refractivity contribution is 0.569. The molecule has 0 aliphatic carbocycles. The van der Waals surface area contributed by atoms with Gasteiger partial charge < -0.3 is 0 Å². The zero-order valence-electron chi connectivity index (χ0n) is 11.8. The Morgan fingerprint density at radius 3 is 2.58 bits per heavy atom. The predicted octanol–water partition coefficient (Wildman–Crippen LogP) is 3.20. The van der Waals surface area contributed by atoms with Crippen molar-refractivity contribution in [2.75, 3.05) is 4.72 Å². The summed E-state index contributed by atoms with van der Waals surface area (Å²) in [6.45, 7) is 0. The number of hydrogen-bond acceptors (Lipinski definition) is 4. The first-order valence-corrected chi connectivity index (χ1v) is 8.37. The largest absolute Gasteiger partial charge is 0.276 e. The molecule has 1 heterocycles. The van der Waals surface area contributed by atoms with Crippen LogP contribution in [0.1, 0.15) is 0 Å². The Labute approximate surface area is 140 Å². The van der Waals surface area contributed by atoms with E-state index in [0.717, 1.165) is 12.1 Å². The normalized spacial score (nSPS) is 11.5. The molecule has 24 heavy (non-hydrogen) atoms. The van der Waals surface area contributed by atoms with Crippen LogP contribution in [0.3, 0.4) is 0 Å². The molecular formula is C14H9ClF2N4O2S. The quantitative estimate of drug-likeness (QED) is 0.738. The first kappa shape index (κ1) is 16.3. The minimum Gasteiger partial charge on any atom is -0.276 e. The van der Waals surface area contributed by atoms with Gasteiger partial charge in [-0.15, -0.1) is 0 Å². The van der Waals surface area contributed by atoms with Gasteiger partial charge in [-0.2, -0.15) is 5.10 Å². The number of halogens is 3. The third kappa shape index (κ3) is 3.08. The molecule has 0 bridgehead atoms. The Morgan fingerprint density at radius 1 is 1.12 bits per heavy atom. The van der Waals surface area contributed by atoms with E-state index >= 15 is 0 Å². The van der Waals surface area contributed by atoms with Crippen LogP contribution in [0.15, 0.2) is 47.6 Å². The van der Waals surface area contributed by atoms with Crippen LogP contribution in [0.25, 0.3) is 11.4 Å². The number of sulfonamides is 1. The summed E-state index contributed by atoms with van der Waals surface area (Å²) in [5.74, 6) is -1.56. The fourth-order valence-electron chi connectivity index (χ4n) is 2.03. The number of aromatic amines is 1. The topological polar surface area (TPSA) is 87.7 Å². The van der Waals surface area contributed by atoms with Gasteiger partial charge in [-0.05, 0) is 30.3 Å². The fraction of sp³-hybridized carbons (Fsp3) is 0.